The second-order valence-electron chi connectivity index (χ2n) is 2.13. The van der Waals surface area contributed by atoms with Crippen LogP contribution in [0.1, 0.15) is 0 Å². The van der Waals surface area contributed by atoms with Crippen LogP contribution in [0.25, 0.3) is 0 Å². The molecule has 0 N–H and O–H groups in total. The van der Waals surface area contributed by atoms with Crippen molar-refractivity contribution in [2.75, 3.05) is 19.8 Å². The van der Waals surface area contributed by atoms with Gasteiger partial charge in [0.15, 0.2) is 6.10 Å². The van der Waals surface area contributed by atoms with Crippen molar-refractivity contribution >= 4 is 6.16 Å². The Hall–Kier alpha value is -1.03. The Labute approximate surface area is 64.7 Å². The van der Waals surface area contributed by atoms with E-state index < -0.39 is 6.16 Å². The molecule has 1 fully saturated rings. The Morgan fingerprint density at radius 2 is 2.64 bits per heavy atom. The van der Waals surface area contributed by atoms with Gasteiger partial charge in [-0.05, 0) is 0 Å². The molecule has 0 spiro atoms. The highest BCUT2D eigenvalue weighted by Crippen LogP contribution is 2.05. The van der Waals surface area contributed by atoms with E-state index in [0.29, 0.717) is 13.2 Å². The van der Waals surface area contributed by atoms with E-state index in [9.17, 15) is 4.79 Å². The zero-order valence-corrected chi connectivity index (χ0v) is 6.12. The largest absolute Gasteiger partial charge is 0.508 e. The number of ether oxygens (including phenoxy) is 3. The van der Waals surface area contributed by atoms with Gasteiger partial charge in [0, 0.05) is 0 Å². The summed E-state index contributed by atoms with van der Waals surface area (Å²) in [6.45, 7) is 4.60. The molecule has 0 aromatic rings. The van der Waals surface area contributed by atoms with E-state index in [1.807, 2.05) is 0 Å². The normalized spacial score (nSPS) is 22.5. The van der Waals surface area contributed by atoms with Crippen molar-refractivity contribution in [1.29, 1.82) is 0 Å². The van der Waals surface area contributed by atoms with Crippen molar-refractivity contribution < 1.29 is 19.0 Å². The molecule has 0 radical (unpaired) electrons. The Morgan fingerprint density at radius 1 is 1.82 bits per heavy atom. The first-order chi connectivity index (χ1) is 5.33. The van der Waals surface area contributed by atoms with E-state index in [0.717, 1.165) is 0 Å². The summed E-state index contributed by atoms with van der Waals surface area (Å²) in [6, 6.07) is 0. The van der Waals surface area contributed by atoms with Crippen molar-refractivity contribution in [3.05, 3.63) is 12.7 Å². The van der Waals surface area contributed by atoms with Gasteiger partial charge in [-0.2, -0.15) is 0 Å². The fourth-order valence-electron chi connectivity index (χ4n) is 0.730. The molecule has 1 aliphatic heterocycles. The molecule has 1 aliphatic rings. The van der Waals surface area contributed by atoms with E-state index in [2.05, 4.69) is 16.1 Å². The molecule has 1 atom stereocenters. The minimum Gasteiger partial charge on any atom is -0.430 e. The molecule has 4 heteroatoms. The highest BCUT2D eigenvalue weighted by molar-refractivity contribution is 5.61. The molecule has 0 amide bonds. The second-order valence-corrected chi connectivity index (χ2v) is 2.13. The summed E-state index contributed by atoms with van der Waals surface area (Å²) in [5, 5.41) is 0. The average Bonchev–Trinajstić information content (AvgIpc) is 2.37. The highest BCUT2D eigenvalue weighted by atomic mass is 16.8. The van der Waals surface area contributed by atoms with Crippen LogP contribution in [0, 0.1) is 0 Å². The smallest absolute Gasteiger partial charge is 0.430 e. The summed E-state index contributed by atoms with van der Waals surface area (Å²) >= 11 is 0. The van der Waals surface area contributed by atoms with E-state index >= 15 is 0 Å². The summed E-state index contributed by atoms with van der Waals surface area (Å²) < 4.78 is 14.3. The number of rotatable bonds is 4. The minimum atomic E-state index is -0.614. The number of carbonyl (C=O) groups is 1. The van der Waals surface area contributed by atoms with Gasteiger partial charge in [-0.25, -0.2) is 4.79 Å². The molecule has 1 unspecified atom stereocenters. The van der Waals surface area contributed by atoms with Crippen LogP contribution in [0.5, 0.6) is 0 Å². The number of carbonyl (C=O) groups excluding carboxylic acids is 1. The second kappa shape index (κ2) is 3.98. The molecular formula is C7H10O4. The van der Waals surface area contributed by atoms with E-state index in [4.69, 9.17) is 4.74 Å². The molecule has 1 saturated heterocycles. The molecule has 0 aromatic heterocycles. The molecule has 0 saturated carbocycles. The molecule has 11 heavy (non-hydrogen) atoms. The molecule has 4 nitrogen and oxygen atoms in total. The predicted molar refractivity (Wildman–Crippen MR) is 37.2 cm³/mol. The van der Waals surface area contributed by atoms with E-state index in [1.54, 1.807) is 6.08 Å². The maximum Gasteiger partial charge on any atom is 0.508 e. The summed E-state index contributed by atoms with van der Waals surface area (Å²) in [5.74, 6) is 0. The lowest BCUT2D eigenvalue weighted by molar-refractivity contribution is 0.0577. The third-order valence-electron chi connectivity index (χ3n) is 1.19. The monoisotopic (exact) mass is 158 g/mol. The first kappa shape index (κ1) is 8.07. The average molecular weight is 158 g/mol. The van der Waals surface area contributed by atoms with Crippen molar-refractivity contribution in [2.45, 2.75) is 6.10 Å². The standard InChI is InChI=1S/C7H10O4/c1-2-3-9-4-6-5-10-7(8)11-6/h2,6H,1,3-5H2. The number of hydrogen-bond acceptors (Lipinski definition) is 4. The summed E-state index contributed by atoms with van der Waals surface area (Å²) in [6.07, 6.45) is 0.775. The first-order valence-electron chi connectivity index (χ1n) is 3.35. The lowest BCUT2D eigenvalue weighted by Crippen LogP contribution is -2.17. The summed E-state index contributed by atoms with van der Waals surface area (Å²) in [7, 11) is 0. The molecule has 0 aromatic carbocycles. The fourth-order valence-corrected chi connectivity index (χ4v) is 0.730. The van der Waals surface area contributed by atoms with Crippen LogP contribution in [-0.2, 0) is 14.2 Å². The van der Waals surface area contributed by atoms with Gasteiger partial charge >= 0.3 is 6.16 Å². The Morgan fingerprint density at radius 3 is 3.18 bits per heavy atom. The quantitative estimate of drug-likeness (QED) is 0.343. The Kier molecular flexibility index (Phi) is 2.92. The highest BCUT2D eigenvalue weighted by Gasteiger charge is 2.24. The Balaban J connectivity index is 2.08. The summed E-state index contributed by atoms with van der Waals surface area (Å²) in [5.41, 5.74) is 0. The van der Waals surface area contributed by atoms with Gasteiger partial charge in [-0.15, -0.1) is 6.58 Å². The van der Waals surface area contributed by atoms with Crippen LogP contribution >= 0.6 is 0 Å². The third-order valence-corrected chi connectivity index (χ3v) is 1.19. The minimum absolute atomic E-state index is 0.248. The van der Waals surface area contributed by atoms with Crippen molar-refractivity contribution in [2.24, 2.45) is 0 Å². The van der Waals surface area contributed by atoms with Crippen LogP contribution < -0.4 is 0 Å². The van der Waals surface area contributed by atoms with E-state index in [-0.39, 0.29) is 12.7 Å². The predicted octanol–water partition coefficient (Wildman–Crippen LogP) is 0.724. The number of cyclic esters (lactones) is 2. The number of hydrogen-bond donors (Lipinski definition) is 0. The summed E-state index contributed by atoms with van der Waals surface area (Å²) in [4.78, 5) is 10.4. The van der Waals surface area contributed by atoms with Gasteiger partial charge in [0.25, 0.3) is 0 Å². The lowest BCUT2D eigenvalue weighted by Gasteiger charge is -2.04. The van der Waals surface area contributed by atoms with Crippen LogP contribution in [0.2, 0.25) is 0 Å². The first-order valence-corrected chi connectivity index (χ1v) is 3.35. The van der Waals surface area contributed by atoms with Gasteiger partial charge < -0.3 is 14.2 Å². The van der Waals surface area contributed by atoms with Crippen LogP contribution in [0.4, 0.5) is 4.79 Å². The van der Waals surface area contributed by atoms with Crippen molar-refractivity contribution in [3.8, 4) is 0 Å². The van der Waals surface area contributed by atoms with Gasteiger partial charge in [0.05, 0.1) is 13.2 Å². The maximum atomic E-state index is 10.4. The Bertz CT molecular complexity index is 155. The molecule has 1 heterocycles. The molecule has 62 valence electrons. The fraction of sp³-hybridized carbons (Fsp3) is 0.571. The van der Waals surface area contributed by atoms with Gasteiger partial charge in [0.2, 0.25) is 0 Å². The topological polar surface area (TPSA) is 44.8 Å². The van der Waals surface area contributed by atoms with Gasteiger partial charge in [0.1, 0.15) is 6.61 Å². The molecular weight excluding hydrogens is 148 g/mol. The zero-order chi connectivity index (χ0) is 8.10. The van der Waals surface area contributed by atoms with Crippen molar-refractivity contribution in [3.63, 3.8) is 0 Å². The third kappa shape index (κ3) is 2.59. The SMILES string of the molecule is C=CCOCC1COC(=O)O1. The van der Waals surface area contributed by atoms with Gasteiger partial charge in [-0.1, -0.05) is 6.08 Å². The van der Waals surface area contributed by atoms with E-state index in [1.165, 1.54) is 0 Å². The lowest BCUT2D eigenvalue weighted by atomic mass is 10.4. The molecule has 0 aliphatic carbocycles. The van der Waals surface area contributed by atoms with Crippen LogP contribution in [0.15, 0.2) is 12.7 Å². The maximum absolute atomic E-state index is 10.4. The zero-order valence-electron chi connectivity index (χ0n) is 6.12. The van der Waals surface area contributed by atoms with Crippen LogP contribution in [-0.4, -0.2) is 32.1 Å². The molecule has 1 rings (SSSR count). The van der Waals surface area contributed by atoms with Gasteiger partial charge in [-0.3, -0.25) is 0 Å². The van der Waals surface area contributed by atoms with Crippen LogP contribution in [0.3, 0.4) is 0 Å². The molecule has 0 bridgehead atoms. The van der Waals surface area contributed by atoms with Crippen molar-refractivity contribution in [1.82, 2.24) is 0 Å².